The number of amides is 1. The smallest absolute Gasteiger partial charge is 0.253 e. The summed E-state index contributed by atoms with van der Waals surface area (Å²) in [4.78, 5) is 14.7. The van der Waals surface area contributed by atoms with Gasteiger partial charge in [0, 0.05) is 25.2 Å². The highest BCUT2D eigenvalue weighted by Gasteiger charge is 2.29. The first-order valence-corrected chi connectivity index (χ1v) is 10.2. The third-order valence-corrected chi connectivity index (χ3v) is 6.65. The number of nitrogens with one attached hydrogen (secondary N) is 1. The molecule has 1 atom stereocenters. The van der Waals surface area contributed by atoms with Crippen molar-refractivity contribution in [3.8, 4) is 0 Å². The Morgan fingerprint density at radius 1 is 1.29 bits per heavy atom. The van der Waals surface area contributed by atoms with E-state index in [-0.39, 0.29) is 11.7 Å². The molecule has 0 aliphatic carbocycles. The Morgan fingerprint density at radius 3 is 2.83 bits per heavy atom. The lowest BCUT2D eigenvalue weighted by Crippen LogP contribution is -2.42. The SMILES string of the molecule is CNCC1CCCN(C(=O)c2cccc(N3CCCS3(=O)=O)c2)C1. The zero-order valence-corrected chi connectivity index (χ0v) is 14.9. The quantitative estimate of drug-likeness (QED) is 0.888. The Hall–Kier alpha value is -1.60. The van der Waals surface area contributed by atoms with Crippen molar-refractivity contribution in [2.45, 2.75) is 19.3 Å². The molecule has 1 N–H and O–H groups in total. The van der Waals surface area contributed by atoms with Gasteiger partial charge in [0.05, 0.1) is 11.4 Å². The summed E-state index contributed by atoms with van der Waals surface area (Å²) in [7, 11) is -1.29. The number of hydrogen-bond donors (Lipinski definition) is 1. The van der Waals surface area contributed by atoms with Gasteiger partial charge in [0.2, 0.25) is 10.0 Å². The van der Waals surface area contributed by atoms with Crippen molar-refractivity contribution in [1.82, 2.24) is 10.2 Å². The van der Waals surface area contributed by atoms with Crippen LogP contribution in [0.2, 0.25) is 0 Å². The summed E-state index contributed by atoms with van der Waals surface area (Å²) in [6.07, 6.45) is 2.79. The molecule has 0 aromatic heterocycles. The number of anilines is 1. The van der Waals surface area contributed by atoms with Crippen LogP contribution in [0.4, 0.5) is 5.69 Å². The lowest BCUT2D eigenvalue weighted by Gasteiger charge is -2.33. The Balaban J connectivity index is 1.77. The predicted molar refractivity (Wildman–Crippen MR) is 94.7 cm³/mol. The first-order valence-electron chi connectivity index (χ1n) is 8.55. The highest BCUT2D eigenvalue weighted by atomic mass is 32.2. The zero-order valence-electron chi connectivity index (χ0n) is 14.1. The molecule has 1 amide bonds. The molecular weight excluding hydrogens is 326 g/mol. The van der Waals surface area contributed by atoms with Gasteiger partial charge in [-0.1, -0.05) is 6.07 Å². The molecule has 1 aromatic rings. The molecule has 7 heteroatoms. The number of rotatable bonds is 4. The van der Waals surface area contributed by atoms with Gasteiger partial charge >= 0.3 is 0 Å². The monoisotopic (exact) mass is 351 g/mol. The Kier molecular flexibility index (Phi) is 5.10. The molecule has 24 heavy (non-hydrogen) atoms. The zero-order chi connectivity index (χ0) is 17.2. The summed E-state index contributed by atoms with van der Waals surface area (Å²) < 4.78 is 25.6. The molecule has 2 fully saturated rings. The van der Waals surface area contributed by atoms with E-state index in [2.05, 4.69) is 5.32 Å². The van der Waals surface area contributed by atoms with Crippen molar-refractivity contribution in [1.29, 1.82) is 0 Å². The van der Waals surface area contributed by atoms with E-state index in [4.69, 9.17) is 0 Å². The standard InChI is InChI=1S/C17H25N3O3S/c1-18-12-14-5-3-8-19(13-14)17(21)15-6-2-7-16(11-15)20-9-4-10-24(20,22)23/h2,6-7,11,14,18H,3-5,8-10,12-13H2,1H3. The molecule has 2 aliphatic rings. The van der Waals surface area contributed by atoms with Crippen LogP contribution >= 0.6 is 0 Å². The van der Waals surface area contributed by atoms with Crippen LogP contribution in [0.15, 0.2) is 24.3 Å². The van der Waals surface area contributed by atoms with E-state index >= 15 is 0 Å². The average molecular weight is 351 g/mol. The molecule has 6 nitrogen and oxygen atoms in total. The number of sulfonamides is 1. The topological polar surface area (TPSA) is 69.7 Å². The van der Waals surface area contributed by atoms with Gasteiger partial charge in [-0.3, -0.25) is 9.10 Å². The lowest BCUT2D eigenvalue weighted by atomic mass is 9.97. The Labute approximate surface area is 143 Å². The van der Waals surface area contributed by atoms with Crippen LogP contribution < -0.4 is 9.62 Å². The van der Waals surface area contributed by atoms with Crippen molar-refractivity contribution in [2.75, 3.05) is 43.3 Å². The van der Waals surface area contributed by atoms with Crippen LogP contribution in [-0.4, -0.2) is 58.2 Å². The Morgan fingerprint density at radius 2 is 2.12 bits per heavy atom. The van der Waals surface area contributed by atoms with Gasteiger partial charge < -0.3 is 10.2 Å². The van der Waals surface area contributed by atoms with Crippen LogP contribution in [0.25, 0.3) is 0 Å². The minimum Gasteiger partial charge on any atom is -0.338 e. The second-order valence-electron chi connectivity index (χ2n) is 6.61. The van der Waals surface area contributed by atoms with Gasteiger partial charge in [0.15, 0.2) is 0 Å². The van der Waals surface area contributed by atoms with E-state index in [0.29, 0.717) is 30.1 Å². The van der Waals surface area contributed by atoms with E-state index in [1.54, 1.807) is 24.3 Å². The third-order valence-electron chi connectivity index (χ3n) is 4.78. The molecule has 2 saturated heterocycles. The molecule has 0 radical (unpaired) electrons. The van der Waals surface area contributed by atoms with E-state index in [0.717, 1.165) is 32.5 Å². The molecule has 2 aliphatic heterocycles. The maximum atomic E-state index is 12.8. The fraction of sp³-hybridized carbons (Fsp3) is 0.588. The largest absolute Gasteiger partial charge is 0.338 e. The van der Waals surface area contributed by atoms with Crippen molar-refractivity contribution in [2.24, 2.45) is 5.92 Å². The van der Waals surface area contributed by atoms with Crippen molar-refractivity contribution >= 4 is 21.6 Å². The second kappa shape index (κ2) is 7.11. The molecule has 132 valence electrons. The lowest BCUT2D eigenvalue weighted by molar-refractivity contribution is 0.0674. The average Bonchev–Trinajstić information content (AvgIpc) is 2.94. The van der Waals surface area contributed by atoms with Gasteiger partial charge in [-0.2, -0.15) is 0 Å². The molecule has 0 bridgehead atoms. The number of nitrogens with zero attached hydrogens (tertiary/aromatic N) is 2. The van der Waals surface area contributed by atoms with E-state index in [1.807, 2.05) is 11.9 Å². The van der Waals surface area contributed by atoms with Crippen LogP contribution in [-0.2, 0) is 10.0 Å². The minimum absolute atomic E-state index is 0.00533. The summed E-state index contributed by atoms with van der Waals surface area (Å²) in [6.45, 7) is 2.93. The van der Waals surface area contributed by atoms with Gasteiger partial charge in [-0.15, -0.1) is 0 Å². The predicted octanol–water partition coefficient (Wildman–Crippen LogP) is 1.30. The van der Waals surface area contributed by atoms with E-state index in [1.165, 1.54) is 4.31 Å². The van der Waals surface area contributed by atoms with E-state index < -0.39 is 10.0 Å². The summed E-state index contributed by atoms with van der Waals surface area (Å²) >= 11 is 0. The molecular formula is C17H25N3O3S. The second-order valence-corrected chi connectivity index (χ2v) is 8.62. The van der Waals surface area contributed by atoms with Gasteiger partial charge in [-0.25, -0.2) is 8.42 Å². The number of likely N-dealkylation sites (tertiary alicyclic amines) is 1. The minimum atomic E-state index is -3.22. The summed E-state index contributed by atoms with van der Waals surface area (Å²) in [5, 5.41) is 3.18. The normalized spacial score (nSPS) is 23.5. The fourth-order valence-electron chi connectivity index (χ4n) is 3.61. The summed E-state index contributed by atoms with van der Waals surface area (Å²) in [5.41, 5.74) is 1.17. The van der Waals surface area contributed by atoms with E-state index in [9.17, 15) is 13.2 Å². The molecule has 0 saturated carbocycles. The molecule has 1 aromatic carbocycles. The number of benzene rings is 1. The van der Waals surface area contributed by atoms with Crippen LogP contribution in [0, 0.1) is 5.92 Å². The molecule has 2 heterocycles. The third kappa shape index (κ3) is 3.57. The maximum Gasteiger partial charge on any atom is 0.253 e. The van der Waals surface area contributed by atoms with Gasteiger partial charge in [0.25, 0.3) is 5.91 Å². The molecule has 0 spiro atoms. The highest BCUT2D eigenvalue weighted by molar-refractivity contribution is 7.93. The van der Waals surface area contributed by atoms with Crippen molar-refractivity contribution < 1.29 is 13.2 Å². The first-order chi connectivity index (χ1) is 11.5. The molecule has 1 unspecified atom stereocenters. The first kappa shape index (κ1) is 17.2. The Bertz CT molecular complexity index is 703. The summed E-state index contributed by atoms with van der Waals surface area (Å²) in [5.74, 6) is 0.660. The van der Waals surface area contributed by atoms with Crippen LogP contribution in [0.3, 0.4) is 0 Å². The van der Waals surface area contributed by atoms with Crippen LogP contribution in [0.5, 0.6) is 0 Å². The maximum absolute atomic E-state index is 12.8. The number of piperidine rings is 1. The van der Waals surface area contributed by atoms with Crippen molar-refractivity contribution in [3.63, 3.8) is 0 Å². The number of carbonyl (C=O) groups excluding carboxylic acids is 1. The summed E-state index contributed by atoms with van der Waals surface area (Å²) in [6, 6.07) is 7.02. The van der Waals surface area contributed by atoms with Gasteiger partial charge in [-0.05, 0) is 57.0 Å². The van der Waals surface area contributed by atoms with Crippen molar-refractivity contribution in [3.05, 3.63) is 29.8 Å². The highest BCUT2D eigenvalue weighted by Crippen LogP contribution is 2.26. The number of carbonyl (C=O) groups is 1. The van der Waals surface area contributed by atoms with Gasteiger partial charge in [0.1, 0.15) is 0 Å². The number of hydrogen-bond acceptors (Lipinski definition) is 4. The molecule has 3 rings (SSSR count). The fourth-order valence-corrected chi connectivity index (χ4v) is 5.17. The van der Waals surface area contributed by atoms with Crippen LogP contribution in [0.1, 0.15) is 29.6 Å².